The van der Waals surface area contributed by atoms with E-state index in [4.69, 9.17) is 4.74 Å². The second-order valence-electron chi connectivity index (χ2n) is 7.47. The van der Waals surface area contributed by atoms with Gasteiger partial charge in [0, 0.05) is 24.4 Å². The number of rotatable bonds is 4. The van der Waals surface area contributed by atoms with Crippen LogP contribution in [0.4, 0.5) is 0 Å². The fraction of sp³-hybridized carbons (Fsp3) is 0.476. The molecule has 1 saturated heterocycles. The van der Waals surface area contributed by atoms with Crippen molar-refractivity contribution in [2.75, 3.05) is 13.1 Å². The highest BCUT2D eigenvalue weighted by molar-refractivity contribution is 5.96. The molecule has 2 N–H and O–H groups in total. The van der Waals surface area contributed by atoms with Crippen molar-refractivity contribution in [3.63, 3.8) is 0 Å². The van der Waals surface area contributed by atoms with Crippen LogP contribution in [0.3, 0.4) is 0 Å². The molecule has 1 aromatic carbocycles. The molecular weight excluding hydrogens is 344 g/mol. The van der Waals surface area contributed by atoms with Gasteiger partial charge in [0.2, 0.25) is 0 Å². The topological polar surface area (TPSA) is 88.5 Å². The SMILES string of the molecule is O=C1CCCC(c2ccc(OC3CCNCC3)c3cnc(C(=O)O)cc23)C1. The van der Waals surface area contributed by atoms with Crippen LogP contribution in [0.2, 0.25) is 0 Å². The molecule has 0 amide bonds. The summed E-state index contributed by atoms with van der Waals surface area (Å²) >= 11 is 0. The first-order valence-electron chi connectivity index (χ1n) is 9.67. The standard InChI is InChI=1S/C21H24N2O4/c24-14-3-1-2-13(10-14)16-4-5-20(27-15-6-8-22-9-7-15)18-12-23-19(21(25)26)11-17(16)18/h4-5,11-13,15,22H,1-3,6-10H2,(H,25,26). The molecule has 1 aromatic heterocycles. The molecule has 1 atom stereocenters. The van der Waals surface area contributed by atoms with Crippen molar-refractivity contribution in [1.82, 2.24) is 10.3 Å². The lowest BCUT2D eigenvalue weighted by molar-refractivity contribution is -0.120. The van der Waals surface area contributed by atoms with Gasteiger partial charge in [-0.3, -0.25) is 4.79 Å². The van der Waals surface area contributed by atoms with Gasteiger partial charge in [0.25, 0.3) is 0 Å². The molecule has 1 saturated carbocycles. The zero-order valence-corrected chi connectivity index (χ0v) is 15.2. The predicted molar refractivity (Wildman–Crippen MR) is 101 cm³/mol. The minimum atomic E-state index is -1.05. The Morgan fingerprint density at radius 3 is 2.74 bits per heavy atom. The summed E-state index contributed by atoms with van der Waals surface area (Å²) in [6, 6.07) is 5.59. The molecule has 27 heavy (non-hydrogen) atoms. The quantitative estimate of drug-likeness (QED) is 0.861. The summed E-state index contributed by atoms with van der Waals surface area (Å²) in [4.78, 5) is 27.5. The first kappa shape index (κ1) is 17.9. The molecule has 142 valence electrons. The number of ketones is 1. The second-order valence-corrected chi connectivity index (χ2v) is 7.47. The highest BCUT2D eigenvalue weighted by Gasteiger charge is 2.25. The van der Waals surface area contributed by atoms with Crippen molar-refractivity contribution < 1.29 is 19.4 Å². The summed E-state index contributed by atoms with van der Waals surface area (Å²) in [6.45, 7) is 1.87. The van der Waals surface area contributed by atoms with Gasteiger partial charge in [-0.1, -0.05) is 6.07 Å². The maximum absolute atomic E-state index is 12.0. The van der Waals surface area contributed by atoms with Gasteiger partial charge in [-0.25, -0.2) is 9.78 Å². The average molecular weight is 368 g/mol. The number of ether oxygens (including phenoxy) is 1. The lowest BCUT2D eigenvalue weighted by Crippen LogP contribution is -2.34. The average Bonchev–Trinajstić information content (AvgIpc) is 2.68. The first-order valence-corrected chi connectivity index (χ1v) is 9.67. The predicted octanol–water partition coefficient (Wildman–Crippen LogP) is 3.29. The van der Waals surface area contributed by atoms with Crippen LogP contribution < -0.4 is 10.1 Å². The Kier molecular flexibility index (Phi) is 5.07. The van der Waals surface area contributed by atoms with Gasteiger partial charge in [-0.2, -0.15) is 0 Å². The van der Waals surface area contributed by atoms with Crippen molar-refractivity contribution in [2.45, 2.75) is 50.5 Å². The van der Waals surface area contributed by atoms with Gasteiger partial charge in [0.1, 0.15) is 23.3 Å². The van der Waals surface area contributed by atoms with Gasteiger partial charge >= 0.3 is 5.97 Å². The maximum Gasteiger partial charge on any atom is 0.354 e. The zero-order chi connectivity index (χ0) is 18.8. The minimum absolute atomic E-state index is 0.0184. The number of carboxylic acids is 1. The van der Waals surface area contributed by atoms with Gasteiger partial charge < -0.3 is 15.2 Å². The van der Waals surface area contributed by atoms with Crippen molar-refractivity contribution in [3.05, 3.63) is 35.7 Å². The van der Waals surface area contributed by atoms with Gasteiger partial charge in [0.15, 0.2) is 0 Å². The molecule has 6 heteroatoms. The number of nitrogens with one attached hydrogen (secondary N) is 1. The maximum atomic E-state index is 12.0. The number of carbonyl (C=O) groups is 2. The number of hydrogen-bond donors (Lipinski definition) is 2. The molecule has 4 rings (SSSR count). The van der Waals surface area contributed by atoms with Crippen LogP contribution in [-0.4, -0.2) is 41.0 Å². The molecule has 2 aliphatic rings. The molecule has 2 aromatic rings. The van der Waals surface area contributed by atoms with Crippen LogP contribution in [0, 0.1) is 0 Å². The number of aromatic carboxylic acids is 1. The molecular formula is C21H24N2O4. The van der Waals surface area contributed by atoms with E-state index >= 15 is 0 Å². The summed E-state index contributed by atoms with van der Waals surface area (Å²) in [5.74, 6) is 0.104. The number of hydrogen-bond acceptors (Lipinski definition) is 5. The van der Waals surface area contributed by atoms with Crippen LogP contribution >= 0.6 is 0 Å². The Morgan fingerprint density at radius 1 is 1.19 bits per heavy atom. The van der Waals surface area contributed by atoms with E-state index in [2.05, 4.69) is 10.3 Å². The van der Waals surface area contributed by atoms with E-state index in [1.807, 2.05) is 12.1 Å². The number of fused-ring (bicyclic) bond motifs is 1. The fourth-order valence-corrected chi connectivity index (χ4v) is 4.19. The lowest BCUT2D eigenvalue weighted by atomic mass is 9.81. The summed E-state index contributed by atoms with van der Waals surface area (Å²) in [7, 11) is 0. The minimum Gasteiger partial charge on any atom is -0.490 e. The van der Waals surface area contributed by atoms with E-state index in [1.54, 1.807) is 12.3 Å². The third-order valence-electron chi connectivity index (χ3n) is 5.62. The number of benzene rings is 1. The van der Waals surface area contributed by atoms with Gasteiger partial charge in [-0.15, -0.1) is 0 Å². The molecule has 2 fully saturated rings. The summed E-state index contributed by atoms with van der Waals surface area (Å²) in [6.07, 6.45) is 6.64. The Hall–Kier alpha value is -2.47. The van der Waals surface area contributed by atoms with Crippen molar-refractivity contribution in [2.24, 2.45) is 0 Å². The smallest absolute Gasteiger partial charge is 0.354 e. The van der Waals surface area contributed by atoms with E-state index in [0.29, 0.717) is 12.8 Å². The normalized spacial score (nSPS) is 21.3. The van der Waals surface area contributed by atoms with E-state index in [0.717, 1.165) is 60.9 Å². The molecule has 6 nitrogen and oxygen atoms in total. The van der Waals surface area contributed by atoms with Crippen LogP contribution in [0.25, 0.3) is 10.8 Å². The second kappa shape index (κ2) is 7.64. The fourth-order valence-electron chi connectivity index (χ4n) is 4.19. The Morgan fingerprint density at radius 2 is 2.00 bits per heavy atom. The number of carbonyl (C=O) groups excluding carboxylic acids is 1. The molecule has 1 aliphatic carbocycles. The van der Waals surface area contributed by atoms with Crippen LogP contribution in [-0.2, 0) is 4.79 Å². The first-order chi connectivity index (χ1) is 13.1. The van der Waals surface area contributed by atoms with Gasteiger partial charge in [-0.05, 0) is 67.8 Å². The van der Waals surface area contributed by atoms with Crippen LogP contribution in [0.15, 0.2) is 24.4 Å². The highest BCUT2D eigenvalue weighted by Crippen LogP contribution is 2.38. The molecule has 0 radical (unpaired) electrons. The Labute approximate surface area is 157 Å². The zero-order valence-electron chi connectivity index (χ0n) is 15.2. The number of pyridine rings is 1. The summed E-state index contributed by atoms with van der Waals surface area (Å²) < 4.78 is 6.24. The molecule has 2 heterocycles. The number of piperidine rings is 1. The lowest BCUT2D eigenvalue weighted by Gasteiger charge is -2.26. The van der Waals surface area contributed by atoms with Gasteiger partial charge in [0.05, 0.1) is 0 Å². The Balaban J connectivity index is 1.76. The number of aromatic nitrogens is 1. The third kappa shape index (κ3) is 3.81. The summed E-state index contributed by atoms with van der Waals surface area (Å²) in [5.41, 5.74) is 1.05. The number of nitrogens with zero attached hydrogens (tertiary/aromatic N) is 1. The molecule has 0 bridgehead atoms. The van der Waals surface area contributed by atoms with E-state index in [-0.39, 0.29) is 23.5 Å². The molecule has 1 unspecified atom stereocenters. The van der Waals surface area contributed by atoms with Crippen molar-refractivity contribution >= 4 is 22.5 Å². The number of carboxylic acid groups (broad SMARTS) is 1. The monoisotopic (exact) mass is 368 g/mol. The Bertz CT molecular complexity index is 874. The van der Waals surface area contributed by atoms with E-state index < -0.39 is 5.97 Å². The van der Waals surface area contributed by atoms with Crippen molar-refractivity contribution in [1.29, 1.82) is 0 Å². The highest BCUT2D eigenvalue weighted by atomic mass is 16.5. The van der Waals surface area contributed by atoms with E-state index in [1.165, 1.54) is 0 Å². The number of Topliss-reactive ketones (excluding diaryl/α,β-unsaturated/α-hetero) is 1. The third-order valence-corrected chi connectivity index (χ3v) is 5.62. The van der Waals surface area contributed by atoms with Crippen LogP contribution in [0.1, 0.15) is 60.5 Å². The largest absolute Gasteiger partial charge is 0.490 e. The summed E-state index contributed by atoms with van der Waals surface area (Å²) in [5, 5.41) is 14.4. The van der Waals surface area contributed by atoms with Crippen LogP contribution in [0.5, 0.6) is 5.75 Å². The van der Waals surface area contributed by atoms with Crippen molar-refractivity contribution in [3.8, 4) is 5.75 Å². The molecule has 1 aliphatic heterocycles. The molecule has 0 spiro atoms. The van der Waals surface area contributed by atoms with E-state index in [9.17, 15) is 14.7 Å².